The molecule has 0 saturated heterocycles. The second-order valence-electron chi connectivity index (χ2n) is 3.06. The Morgan fingerprint density at radius 1 is 1.47 bits per heavy atom. The Morgan fingerprint density at radius 3 is 2.65 bits per heavy atom. The Hall–Kier alpha value is -1.71. The van der Waals surface area contributed by atoms with Crippen LogP contribution in [-0.4, -0.2) is 31.0 Å². The predicted octanol–water partition coefficient (Wildman–Crippen LogP) is -0.880. The molecule has 0 aliphatic carbocycles. The van der Waals surface area contributed by atoms with Gasteiger partial charge < -0.3 is 10.5 Å². The van der Waals surface area contributed by atoms with Crippen LogP contribution >= 0.6 is 0 Å². The number of hydrogen-bond acceptors (Lipinski definition) is 6. The first-order chi connectivity index (χ1) is 7.95. The number of rotatable bonds is 6. The molecule has 0 amide bonds. The van der Waals surface area contributed by atoms with Gasteiger partial charge in [-0.05, 0) is 12.1 Å². The normalized spacial score (nSPS) is 11.1. The Morgan fingerprint density at radius 2 is 2.18 bits per heavy atom. The summed E-state index contributed by atoms with van der Waals surface area (Å²) in [6.45, 7) is -0.172. The molecule has 0 saturated carbocycles. The van der Waals surface area contributed by atoms with Gasteiger partial charge in [-0.2, -0.15) is 0 Å². The molecule has 0 aliphatic heterocycles. The van der Waals surface area contributed by atoms with Crippen LogP contribution in [0.2, 0.25) is 0 Å². The van der Waals surface area contributed by atoms with Crippen molar-refractivity contribution in [1.82, 2.24) is 9.71 Å². The second kappa shape index (κ2) is 5.57. The number of carbonyl (C=O) groups is 1. The van der Waals surface area contributed by atoms with Gasteiger partial charge in [-0.15, -0.1) is 0 Å². The molecule has 0 spiro atoms. The van der Waals surface area contributed by atoms with Crippen LogP contribution in [0.5, 0.6) is 0 Å². The maximum Gasteiger partial charge on any atom is 0.304 e. The van der Waals surface area contributed by atoms with Gasteiger partial charge in [0.15, 0.2) is 0 Å². The molecular formula is C8H12N4O4S. The largest absolute Gasteiger partial charge is 0.481 e. The Labute approximate surface area is 97.9 Å². The zero-order valence-electron chi connectivity index (χ0n) is 8.75. The number of hydrogen-bond donors (Lipinski definition) is 4. The summed E-state index contributed by atoms with van der Waals surface area (Å²) in [4.78, 5) is 13.9. The van der Waals surface area contributed by atoms with E-state index in [2.05, 4.69) is 15.1 Å². The molecule has 0 aromatic carbocycles. The molecule has 17 heavy (non-hydrogen) atoms. The van der Waals surface area contributed by atoms with Gasteiger partial charge in [0.05, 0.1) is 6.42 Å². The smallest absolute Gasteiger partial charge is 0.304 e. The second-order valence-corrected chi connectivity index (χ2v) is 4.83. The van der Waals surface area contributed by atoms with Crippen molar-refractivity contribution in [3.63, 3.8) is 0 Å². The van der Waals surface area contributed by atoms with Crippen LogP contribution < -0.4 is 16.0 Å². The number of sulfonamides is 1. The number of aliphatic carboxylic acids is 1. The monoisotopic (exact) mass is 260 g/mol. The van der Waals surface area contributed by atoms with Crippen molar-refractivity contribution in [1.29, 1.82) is 0 Å². The van der Waals surface area contributed by atoms with Gasteiger partial charge in [0, 0.05) is 12.7 Å². The fourth-order valence-electron chi connectivity index (χ4n) is 1.00. The minimum Gasteiger partial charge on any atom is -0.481 e. The van der Waals surface area contributed by atoms with Crippen LogP contribution in [0.25, 0.3) is 0 Å². The van der Waals surface area contributed by atoms with Crippen LogP contribution in [0.15, 0.2) is 23.2 Å². The zero-order chi connectivity index (χ0) is 12.9. The first-order valence-electron chi connectivity index (χ1n) is 4.60. The number of carboxylic acid groups (broad SMARTS) is 1. The SMILES string of the molecule is NNc1ccc(S(=O)(=O)NCCC(=O)O)cn1. The Kier molecular flexibility index (Phi) is 4.37. The van der Waals surface area contributed by atoms with Gasteiger partial charge in [-0.3, -0.25) is 4.79 Å². The van der Waals surface area contributed by atoms with E-state index in [9.17, 15) is 13.2 Å². The van der Waals surface area contributed by atoms with Crippen LogP contribution in [0.1, 0.15) is 6.42 Å². The molecule has 1 aromatic heterocycles. The van der Waals surface area contributed by atoms with Crippen molar-refractivity contribution in [2.24, 2.45) is 5.84 Å². The summed E-state index contributed by atoms with van der Waals surface area (Å²) >= 11 is 0. The third kappa shape index (κ3) is 3.98. The third-order valence-corrected chi connectivity index (χ3v) is 3.27. The van der Waals surface area contributed by atoms with Gasteiger partial charge in [0.1, 0.15) is 10.7 Å². The number of nitrogens with one attached hydrogen (secondary N) is 2. The summed E-state index contributed by atoms with van der Waals surface area (Å²) in [6.07, 6.45) is 0.841. The molecular weight excluding hydrogens is 248 g/mol. The Bertz CT molecular complexity index is 485. The summed E-state index contributed by atoms with van der Waals surface area (Å²) in [6, 6.07) is 2.71. The van der Waals surface area contributed by atoms with Gasteiger partial charge >= 0.3 is 5.97 Å². The number of pyridine rings is 1. The highest BCUT2D eigenvalue weighted by Gasteiger charge is 2.14. The molecule has 0 unspecified atom stereocenters. The maximum atomic E-state index is 11.6. The van der Waals surface area contributed by atoms with Crippen LogP contribution in [0, 0.1) is 0 Å². The lowest BCUT2D eigenvalue weighted by Gasteiger charge is -2.05. The molecule has 1 aromatic rings. The van der Waals surface area contributed by atoms with Gasteiger partial charge in [0.25, 0.3) is 0 Å². The van der Waals surface area contributed by atoms with Crippen LogP contribution in [-0.2, 0) is 14.8 Å². The van der Waals surface area contributed by atoms with Crippen LogP contribution in [0.3, 0.4) is 0 Å². The summed E-state index contributed by atoms with van der Waals surface area (Å²) in [5.41, 5.74) is 2.26. The highest BCUT2D eigenvalue weighted by atomic mass is 32.2. The highest BCUT2D eigenvalue weighted by Crippen LogP contribution is 2.09. The summed E-state index contributed by atoms with van der Waals surface area (Å²) < 4.78 is 25.4. The maximum absolute atomic E-state index is 11.6. The van der Waals surface area contributed by atoms with E-state index in [1.165, 1.54) is 12.1 Å². The standard InChI is InChI=1S/C8H12N4O4S/c9-12-7-2-1-6(5-10-7)17(15,16)11-4-3-8(13)14/h1-2,5,11H,3-4,9H2,(H,10,12)(H,13,14). The third-order valence-electron chi connectivity index (χ3n) is 1.83. The summed E-state index contributed by atoms with van der Waals surface area (Å²) in [5, 5.41) is 8.38. The molecule has 8 nitrogen and oxygen atoms in total. The van der Waals surface area contributed by atoms with Crippen molar-refractivity contribution >= 4 is 21.8 Å². The van der Waals surface area contributed by atoms with E-state index in [4.69, 9.17) is 10.9 Å². The zero-order valence-corrected chi connectivity index (χ0v) is 9.57. The number of carboxylic acids is 1. The van der Waals surface area contributed by atoms with E-state index < -0.39 is 16.0 Å². The van der Waals surface area contributed by atoms with Crippen molar-refractivity contribution in [3.05, 3.63) is 18.3 Å². The van der Waals surface area contributed by atoms with E-state index in [0.717, 1.165) is 6.20 Å². The number of nitrogen functional groups attached to an aromatic ring is 1. The first kappa shape index (κ1) is 13.4. The molecule has 9 heteroatoms. The molecule has 0 radical (unpaired) electrons. The molecule has 94 valence electrons. The van der Waals surface area contributed by atoms with Gasteiger partial charge in [-0.25, -0.2) is 24.0 Å². The van der Waals surface area contributed by atoms with E-state index in [1.807, 2.05) is 0 Å². The molecule has 5 N–H and O–H groups in total. The fourth-order valence-corrected chi connectivity index (χ4v) is 1.98. The molecule has 0 atom stereocenters. The van der Waals surface area contributed by atoms with Crippen molar-refractivity contribution < 1.29 is 18.3 Å². The minimum atomic E-state index is -3.73. The molecule has 1 heterocycles. The van der Waals surface area contributed by atoms with Crippen molar-refractivity contribution in [2.45, 2.75) is 11.3 Å². The summed E-state index contributed by atoms with van der Waals surface area (Å²) in [5.74, 6) is 4.33. The molecule has 0 aliphatic rings. The van der Waals surface area contributed by atoms with Crippen molar-refractivity contribution in [2.75, 3.05) is 12.0 Å². The quantitative estimate of drug-likeness (QED) is 0.385. The van der Waals surface area contributed by atoms with E-state index in [-0.39, 0.29) is 17.9 Å². The van der Waals surface area contributed by atoms with E-state index in [0.29, 0.717) is 5.82 Å². The average Bonchev–Trinajstić information content (AvgIpc) is 2.28. The molecule has 0 bridgehead atoms. The lowest BCUT2D eigenvalue weighted by molar-refractivity contribution is -0.136. The number of nitrogens with zero attached hydrogens (tertiary/aromatic N) is 1. The lowest BCUT2D eigenvalue weighted by atomic mass is 10.5. The first-order valence-corrected chi connectivity index (χ1v) is 6.08. The van der Waals surface area contributed by atoms with Crippen molar-refractivity contribution in [3.8, 4) is 0 Å². The van der Waals surface area contributed by atoms with E-state index >= 15 is 0 Å². The topological polar surface area (TPSA) is 134 Å². The van der Waals surface area contributed by atoms with E-state index in [1.54, 1.807) is 0 Å². The average molecular weight is 260 g/mol. The fraction of sp³-hybridized carbons (Fsp3) is 0.250. The number of anilines is 1. The summed E-state index contributed by atoms with van der Waals surface area (Å²) in [7, 11) is -3.73. The Balaban J connectivity index is 2.72. The van der Waals surface area contributed by atoms with Gasteiger partial charge in [0.2, 0.25) is 10.0 Å². The molecule has 1 rings (SSSR count). The number of hydrazine groups is 1. The minimum absolute atomic E-state index is 0.0538. The lowest BCUT2D eigenvalue weighted by Crippen LogP contribution is -2.26. The molecule has 0 fully saturated rings. The number of nitrogens with two attached hydrogens (primary N) is 1. The highest BCUT2D eigenvalue weighted by molar-refractivity contribution is 7.89. The van der Waals surface area contributed by atoms with Gasteiger partial charge in [-0.1, -0.05) is 0 Å². The van der Waals surface area contributed by atoms with Crippen LogP contribution in [0.4, 0.5) is 5.82 Å². The predicted molar refractivity (Wildman–Crippen MR) is 59.5 cm³/mol. The number of aromatic nitrogens is 1.